The number of aromatic nitrogens is 2. The van der Waals surface area contributed by atoms with Crippen LogP contribution in [0.15, 0.2) is 36.4 Å². The van der Waals surface area contributed by atoms with Crippen LogP contribution in [0, 0.1) is 17.0 Å². The van der Waals surface area contributed by atoms with E-state index in [-0.39, 0.29) is 24.1 Å². The molecule has 2 aromatic heterocycles. The molecular formula is C27H32ClN7O4S. The van der Waals surface area contributed by atoms with Crippen LogP contribution in [0.3, 0.4) is 0 Å². The summed E-state index contributed by atoms with van der Waals surface area (Å²) >= 11 is 1.36. The molecule has 0 atom stereocenters. The van der Waals surface area contributed by atoms with Gasteiger partial charge in [-0.25, -0.2) is 4.98 Å². The molecule has 40 heavy (non-hydrogen) atoms. The highest BCUT2D eigenvalue weighted by Gasteiger charge is 2.31. The number of rotatable bonds is 8. The van der Waals surface area contributed by atoms with E-state index >= 15 is 0 Å². The van der Waals surface area contributed by atoms with Crippen molar-refractivity contribution in [2.45, 2.75) is 13.5 Å². The smallest absolute Gasteiger partial charge is 0.385 e. The number of nitrogen functional groups attached to an aromatic ring is 1. The molecule has 1 aliphatic rings. The van der Waals surface area contributed by atoms with E-state index in [1.807, 2.05) is 56.3 Å². The van der Waals surface area contributed by atoms with Crippen molar-refractivity contribution in [3.63, 3.8) is 0 Å². The van der Waals surface area contributed by atoms with E-state index in [1.165, 1.54) is 11.3 Å². The topological polar surface area (TPSA) is 137 Å². The van der Waals surface area contributed by atoms with Crippen molar-refractivity contribution in [1.29, 1.82) is 0 Å². The summed E-state index contributed by atoms with van der Waals surface area (Å²) in [4.78, 5) is 36.3. The Bertz CT molecular complexity index is 1570. The Hall–Kier alpha value is -3.58. The van der Waals surface area contributed by atoms with Crippen LogP contribution in [0.25, 0.3) is 21.8 Å². The third-order valence-electron chi connectivity index (χ3n) is 7.02. The molecule has 1 saturated heterocycles. The Kier molecular flexibility index (Phi) is 8.74. The Balaban J connectivity index is 0.00000370. The predicted octanol–water partition coefficient (Wildman–Crippen LogP) is 0.490. The molecule has 0 spiro atoms. The molecule has 0 aliphatic carbocycles. The molecule has 3 N–H and O–H groups in total. The molecule has 1 fully saturated rings. The van der Waals surface area contributed by atoms with Gasteiger partial charge in [-0.05, 0) is 28.5 Å². The van der Waals surface area contributed by atoms with Crippen molar-refractivity contribution < 1.29 is 31.3 Å². The third kappa shape index (κ3) is 5.94. The second-order valence-electron chi connectivity index (χ2n) is 10.4. The molecule has 0 radical (unpaired) electrons. The van der Waals surface area contributed by atoms with Gasteiger partial charge in [0.2, 0.25) is 0 Å². The van der Waals surface area contributed by atoms with Crippen LogP contribution in [0.5, 0.6) is 0 Å². The summed E-state index contributed by atoms with van der Waals surface area (Å²) in [6.45, 7) is 5.84. The van der Waals surface area contributed by atoms with Crippen LogP contribution in [-0.2, 0) is 11.3 Å². The van der Waals surface area contributed by atoms with Gasteiger partial charge in [0.1, 0.15) is 6.54 Å². The lowest BCUT2D eigenvalue weighted by Crippen LogP contribution is -3.00. The summed E-state index contributed by atoms with van der Waals surface area (Å²) in [5, 5.41) is 17.0. The molecule has 0 saturated carbocycles. The number of hydrogen-bond donors (Lipinski definition) is 2. The molecule has 0 unspecified atom stereocenters. The number of thiazole rings is 1. The number of ether oxygens (including phenoxy) is 1. The van der Waals surface area contributed by atoms with Crippen molar-refractivity contribution in [3.8, 4) is 0 Å². The number of morpholine rings is 1. The summed E-state index contributed by atoms with van der Waals surface area (Å²) in [5.74, 6) is -0.336. The van der Waals surface area contributed by atoms with Gasteiger partial charge in [0.25, 0.3) is 5.91 Å². The first kappa shape index (κ1) is 29.4. The number of hydrogen-bond acceptors (Lipinski definition) is 9. The van der Waals surface area contributed by atoms with Crippen LogP contribution >= 0.6 is 11.3 Å². The number of anilines is 2. The van der Waals surface area contributed by atoms with E-state index in [1.54, 1.807) is 6.07 Å². The highest BCUT2D eigenvalue weighted by atomic mass is 35.5. The zero-order valence-corrected chi connectivity index (χ0v) is 24.2. The largest absolute Gasteiger partial charge is 1.00 e. The number of quaternary nitrogens is 1. The van der Waals surface area contributed by atoms with Gasteiger partial charge in [-0.15, -0.1) is 0 Å². The first-order chi connectivity index (χ1) is 18.6. The number of likely N-dealkylation sites (N-methyl/N-ethyl adjacent to an activating group) is 1. The Morgan fingerprint density at radius 2 is 1.82 bits per heavy atom. The molecule has 2 aromatic carbocycles. The Labute approximate surface area is 242 Å². The van der Waals surface area contributed by atoms with Crippen molar-refractivity contribution >= 4 is 55.7 Å². The molecule has 3 heterocycles. The van der Waals surface area contributed by atoms with Gasteiger partial charge in [-0.1, -0.05) is 41.7 Å². The number of nitrogens with one attached hydrogen (secondary N) is 1. The fourth-order valence-electron chi connectivity index (χ4n) is 4.85. The summed E-state index contributed by atoms with van der Waals surface area (Å²) < 4.78 is 5.83. The molecule has 5 rings (SSSR count). The molecule has 212 valence electrons. The minimum Gasteiger partial charge on any atom is -1.00 e. The Morgan fingerprint density at radius 1 is 1.15 bits per heavy atom. The fourth-order valence-corrected chi connectivity index (χ4v) is 6.14. The maximum Gasteiger partial charge on any atom is 0.385 e. The number of nitrogens with two attached hydrogens (primary N) is 1. The summed E-state index contributed by atoms with van der Waals surface area (Å²) in [6.07, 6.45) is 0. The lowest BCUT2D eigenvalue weighted by atomic mass is 10.0. The molecule has 13 heteroatoms. The average Bonchev–Trinajstić information content (AvgIpc) is 3.33. The number of amides is 1. The standard InChI is InChI=1S/C27H31N7O4S.ClH/c1-17-6-4-7-18-22(28)19-8-5-9-20(24(19)30-23(17)18)26(35)29-10-13-34(2,3)16-21-25(33(36)37)31-27(39-21)32-11-14-38-15-12-32;/h4-9H,10-16H2,1-3H3,(H2-,28,29,30,35);1H. The van der Waals surface area contributed by atoms with E-state index in [0.717, 1.165) is 21.9 Å². The van der Waals surface area contributed by atoms with E-state index < -0.39 is 4.92 Å². The maximum atomic E-state index is 13.2. The van der Waals surface area contributed by atoms with Crippen molar-refractivity contribution in [1.82, 2.24) is 15.3 Å². The Morgan fingerprint density at radius 3 is 2.52 bits per heavy atom. The number of para-hydroxylation sites is 2. The zero-order valence-electron chi connectivity index (χ0n) is 22.6. The number of carbonyl (C=O) groups is 1. The number of aryl methyl sites for hydroxylation is 1. The summed E-state index contributed by atoms with van der Waals surface area (Å²) in [7, 11) is 3.97. The van der Waals surface area contributed by atoms with E-state index in [4.69, 9.17) is 15.5 Å². The second kappa shape index (κ2) is 11.9. The molecule has 0 bridgehead atoms. The number of pyridine rings is 1. The SMILES string of the molecule is Cc1cccc2c(N)c3cccc(C(=O)NCC[N+](C)(C)Cc4sc(N5CCOCC5)nc4[N+](=O)[O-])c3nc12.[Cl-]. The number of nitro groups is 1. The van der Waals surface area contributed by atoms with Crippen LogP contribution < -0.4 is 28.4 Å². The maximum absolute atomic E-state index is 13.2. The molecule has 1 amide bonds. The zero-order chi connectivity index (χ0) is 27.7. The lowest BCUT2D eigenvalue weighted by Gasteiger charge is -2.29. The van der Waals surface area contributed by atoms with Gasteiger partial charge < -0.3 is 47.7 Å². The lowest BCUT2D eigenvalue weighted by molar-refractivity contribution is -0.902. The van der Waals surface area contributed by atoms with Gasteiger partial charge in [-0.3, -0.25) is 4.79 Å². The average molecular weight is 586 g/mol. The van der Waals surface area contributed by atoms with E-state index in [9.17, 15) is 14.9 Å². The van der Waals surface area contributed by atoms with Gasteiger partial charge >= 0.3 is 10.9 Å². The highest BCUT2D eigenvalue weighted by molar-refractivity contribution is 7.16. The predicted molar refractivity (Wildman–Crippen MR) is 153 cm³/mol. The highest BCUT2D eigenvalue weighted by Crippen LogP contribution is 2.34. The molecule has 11 nitrogen and oxygen atoms in total. The van der Waals surface area contributed by atoms with Gasteiger partial charge in [0.15, 0.2) is 4.88 Å². The second-order valence-corrected chi connectivity index (χ2v) is 11.4. The van der Waals surface area contributed by atoms with Gasteiger partial charge in [0.05, 0.1) is 62.7 Å². The minimum absolute atomic E-state index is 0. The summed E-state index contributed by atoms with van der Waals surface area (Å²) in [5.41, 5.74) is 9.88. The first-order valence-electron chi connectivity index (χ1n) is 12.8. The van der Waals surface area contributed by atoms with Crippen molar-refractivity contribution in [2.24, 2.45) is 0 Å². The van der Waals surface area contributed by atoms with E-state index in [0.29, 0.717) is 77.2 Å². The number of benzene rings is 2. The van der Waals surface area contributed by atoms with Crippen LogP contribution in [0.4, 0.5) is 16.6 Å². The van der Waals surface area contributed by atoms with Crippen LogP contribution in [-0.4, -0.2) is 78.8 Å². The molecular weight excluding hydrogens is 554 g/mol. The molecule has 1 aliphatic heterocycles. The quantitative estimate of drug-likeness (QED) is 0.132. The van der Waals surface area contributed by atoms with Crippen molar-refractivity contribution in [3.05, 3.63) is 62.5 Å². The number of fused-ring (bicyclic) bond motifs is 2. The molecule has 4 aromatic rings. The fraction of sp³-hybridized carbons (Fsp3) is 0.370. The van der Waals surface area contributed by atoms with Crippen LogP contribution in [0.1, 0.15) is 20.8 Å². The third-order valence-corrected chi connectivity index (χ3v) is 8.11. The van der Waals surface area contributed by atoms with Gasteiger partial charge in [-0.2, -0.15) is 0 Å². The number of carbonyl (C=O) groups excluding carboxylic acids is 1. The monoisotopic (exact) mass is 585 g/mol. The van der Waals surface area contributed by atoms with Crippen molar-refractivity contribution in [2.75, 3.05) is 64.1 Å². The summed E-state index contributed by atoms with van der Waals surface area (Å²) in [6, 6.07) is 11.3. The number of halogens is 1. The first-order valence-corrected chi connectivity index (χ1v) is 13.6. The van der Waals surface area contributed by atoms with Gasteiger partial charge in [0, 0.05) is 23.9 Å². The number of nitrogens with zero attached hydrogens (tertiary/aromatic N) is 5. The van der Waals surface area contributed by atoms with Crippen LogP contribution in [0.2, 0.25) is 0 Å². The van der Waals surface area contributed by atoms with E-state index in [2.05, 4.69) is 10.3 Å². The normalized spacial score (nSPS) is 13.8. The minimum atomic E-state index is -0.414.